The first-order valence-electron chi connectivity index (χ1n) is 8.18. The Morgan fingerprint density at radius 3 is 2.88 bits per heavy atom. The van der Waals surface area contributed by atoms with E-state index in [9.17, 15) is 13.6 Å². The van der Waals surface area contributed by atoms with Crippen molar-refractivity contribution in [2.24, 2.45) is 5.92 Å². The van der Waals surface area contributed by atoms with Gasteiger partial charge in [-0.15, -0.1) is 0 Å². The molecule has 2 aromatic rings. The van der Waals surface area contributed by atoms with Crippen molar-refractivity contribution in [3.8, 4) is 0 Å². The van der Waals surface area contributed by atoms with E-state index < -0.39 is 13.0 Å². The number of alkyl halides is 2. The van der Waals surface area contributed by atoms with Crippen LogP contribution in [0, 0.1) is 12.8 Å². The molecule has 4 nitrogen and oxygen atoms in total. The Bertz CT molecular complexity index is 711. The predicted octanol–water partition coefficient (Wildman–Crippen LogP) is 3.59. The van der Waals surface area contributed by atoms with Gasteiger partial charge in [-0.2, -0.15) is 0 Å². The van der Waals surface area contributed by atoms with Crippen molar-refractivity contribution < 1.29 is 13.6 Å². The molecule has 1 aliphatic heterocycles. The van der Waals surface area contributed by atoms with Gasteiger partial charge in [-0.05, 0) is 43.4 Å². The van der Waals surface area contributed by atoms with Gasteiger partial charge in [-0.3, -0.25) is 4.79 Å². The van der Waals surface area contributed by atoms with Gasteiger partial charge < -0.3 is 10.2 Å². The van der Waals surface area contributed by atoms with E-state index in [0.717, 1.165) is 36.6 Å². The molecular formula is C17H21F2N3OS. The number of benzene rings is 1. The van der Waals surface area contributed by atoms with Crippen molar-refractivity contribution in [2.45, 2.75) is 32.6 Å². The molecule has 130 valence electrons. The minimum atomic E-state index is -2.49. The molecule has 0 spiro atoms. The largest absolute Gasteiger partial charge is 0.350 e. The quantitative estimate of drug-likeness (QED) is 0.893. The van der Waals surface area contributed by atoms with Crippen molar-refractivity contribution in [1.29, 1.82) is 0 Å². The zero-order valence-electron chi connectivity index (χ0n) is 13.6. The molecule has 1 N–H and O–H groups in total. The molecule has 0 atom stereocenters. The van der Waals surface area contributed by atoms with E-state index in [1.54, 1.807) is 11.3 Å². The van der Waals surface area contributed by atoms with Gasteiger partial charge in [0.1, 0.15) is 0 Å². The lowest BCUT2D eigenvalue weighted by molar-refractivity contribution is -0.122. The van der Waals surface area contributed by atoms with E-state index in [0.29, 0.717) is 6.42 Å². The topological polar surface area (TPSA) is 45.2 Å². The second-order valence-corrected chi connectivity index (χ2v) is 7.31. The van der Waals surface area contributed by atoms with Gasteiger partial charge in [0.15, 0.2) is 5.13 Å². The Labute approximate surface area is 143 Å². The van der Waals surface area contributed by atoms with Crippen molar-refractivity contribution >= 4 is 32.6 Å². The number of thiazole rings is 1. The Morgan fingerprint density at radius 2 is 2.17 bits per heavy atom. The van der Waals surface area contributed by atoms with Crippen LogP contribution < -0.4 is 10.2 Å². The normalized spacial score (nSPS) is 16.1. The monoisotopic (exact) mass is 353 g/mol. The van der Waals surface area contributed by atoms with Crippen LogP contribution in [0.2, 0.25) is 0 Å². The number of aryl methyl sites for hydroxylation is 1. The van der Waals surface area contributed by atoms with E-state index >= 15 is 0 Å². The molecular weight excluding hydrogens is 332 g/mol. The molecule has 0 bridgehead atoms. The average molecular weight is 353 g/mol. The van der Waals surface area contributed by atoms with Gasteiger partial charge >= 0.3 is 0 Å². The molecule has 3 rings (SSSR count). The fourth-order valence-corrected chi connectivity index (χ4v) is 4.12. The summed E-state index contributed by atoms with van der Waals surface area (Å²) in [6.45, 7) is 3.23. The van der Waals surface area contributed by atoms with E-state index in [1.807, 2.05) is 6.07 Å². The number of rotatable bonds is 5. The highest BCUT2D eigenvalue weighted by Crippen LogP contribution is 2.32. The number of carbonyl (C=O) groups is 1. The molecule has 1 fully saturated rings. The molecule has 1 aromatic heterocycles. The molecule has 24 heavy (non-hydrogen) atoms. The number of nitrogens with zero attached hydrogens (tertiary/aromatic N) is 2. The molecule has 2 heterocycles. The summed E-state index contributed by atoms with van der Waals surface area (Å²) >= 11 is 1.70. The first-order valence-corrected chi connectivity index (χ1v) is 9.00. The summed E-state index contributed by atoms with van der Waals surface area (Å²) in [5.41, 5.74) is 2.25. The van der Waals surface area contributed by atoms with Crippen molar-refractivity contribution in [1.82, 2.24) is 10.3 Å². The summed E-state index contributed by atoms with van der Waals surface area (Å²) in [5, 5.41) is 3.31. The average Bonchev–Trinajstić information content (AvgIpc) is 2.96. The van der Waals surface area contributed by atoms with Crippen molar-refractivity contribution in [3.63, 3.8) is 0 Å². The number of piperidine rings is 1. The summed E-state index contributed by atoms with van der Waals surface area (Å²) in [5.74, 6) is -0.0141. The summed E-state index contributed by atoms with van der Waals surface area (Å²) in [6, 6.07) is 6.26. The number of hydrogen-bond donors (Lipinski definition) is 1. The van der Waals surface area contributed by atoms with Crippen LogP contribution in [0.15, 0.2) is 18.2 Å². The minimum Gasteiger partial charge on any atom is -0.350 e. The molecule has 0 unspecified atom stereocenters. The molecule has 7 heteroatoms. The highest BCUT2D eigenvalue weighted by Gasteiger charge is 2.23. The van der Waals surface area contributed by atoms with E-state index in [-0.39, 0.29) is 11.8 Å². The van der Waals surface area contributed by atoms with Crippen molar-refractivity contribution in [2.75, 3.05) is 24.5 Å². The zero-order valence-corrected chi connectivity index (χ0v) is 14.4. The number of halogens is 2. The fourth-order valence-electron chi connectivity index (χ4n) is 3.01. The van der Waals surface area contributed by atoms with Crippen LogP contribution in [0.5, 0.6) is 0 Å². The third kappa shape index (κ3) is 4.20. The minimum absolute atomic E-state index is 0.260. The molecule has 0 radical (unpaired) electrons. The molecule has 0 saturated carbocycles. The fraction of sp³-hybridized carbons (Fsp3) is 0.529. The number of anilines is 1. The number of fused-ring (bicyclic) bond motifs is 1. The smallest absolute Gasteiger partial charge is 0.255 e. The van der Waals surface area contributed by atoms with Crippen LogP contribution in [0.4, 0.5) is 13.9 Å². The predicted molar refractivity (Wildman–Crippen MR) is 92.9 cm³/mol. The van der Waals surface area contributed by atoms with Gasteiger partial charge in [0.2, 0.25) is 5.91 Å². The first-order chi connectivity index (χ1) is 11.5. The molecule has 0 aliphatic carbocycles. The summed E-state index contributed by atoms with van der Waals surface area (Å²) in [6.07, 6.45) is -0.383. The third-order valence-electron chi connectivity index (χ3n) is 4.35. The third-order valence-corrected chi connectivity index (χ3v) is 5.42. The molecule has 1 saturated heterocycles. The van der Waals surface area contributed by atoms with Gasteiger partial charge in [0.05, 0.1) is 16.8 Å². The second kappa shape index (κ2) is 7.42. The Morgan fingerprint density at radius 1 is 1.42 bits per heavy atom. The maximum atomic E-state index is 12.1. The number of carbonyl (C=O) groups excluding carboxylic acids is 1. The van der Waals surface area contributed by atoms with Crippen LogP contribution in [-0.4, -0.2) is 37.0 Å². The Balaban J connectivity index is 1.53. The lowest BCUT2D eigenvalue weighted by Crippen LogP contribution is -2.36. The van der Waals surface area contributed by atoms with Gasteiger partial charge in [-0.1, -0.05) is 17.4 Å². The molecule has 1 amide bonds. The molecule has 1 aliphatic rings. The standard InChI is InChI=1S/C17H21F2N3OS/c1-11-2-3-13-14(8-11)24-17(21-13)22-6-4-12(5-7-22)9-16(23)20-10-15(18)19/h2-3,8,12,15H,4-7,9-10H2,1H3,(H,20,23). The van der Waals surface area contributed by atoms with Crippen LogP contribution in [0.1, 0.15) is 24.8 Å². The van der Waals surface area contributed by atoms with Crippen LogP contribution in [0.3, 0.4) is 0 Å². The summed E-state index contributed by atoms with van der Waals surface area (Å²) in [4.78, 5) is 18.6. The summed E-state index contributed by atoms with van der Waals surface area (Å²) < 4.78 is 25.4. The number of hydrogen-bond acceptors (Lipinski definition) is 4. The first kappa shape index (κ1) is 17.1. The Kier molecular flexibility index (Phi) is 5.28. The lowest BCUT2D eigenvalue weighted by Gasteiger charge is -2.31. The second-order valence-electron chi connectivity index (χ2n) is 6.30. The maximum Gasteiger partial charge on any atom is 0.255 e. The number of aromatic nitrogens is 1. The number of nitrogens with one attached hydrogen (secondary N) is 1. The van der Waals surface area contributed by atoms with E-state index in [2.05, 4.69) is 29.3 Å². The summed E-state index contributed by atoms with van der Waals surface area (Å²) in [7, 11) is 0. The van der Waals surface area contributed by atoms with Crippen molar-refractivity contribution in [3.05, 3.63) is 23.8 Å². The zero-order chi connectivity index (χ0) is 17.1. The highest BCUT2D eigenvalue weighted by atomic mass is 32.1. The maximum absolute atomic E-state index is 12.1. The SMILES string of the molecule is Cc1ccc2nc(N3CCC(CC(=O)NCC(F)F)CC3)sc2c1. The van der Waals surface area contributed by atoms with Gasteiger partial charge in [-0.25, -0.2) is 13.8 Å². The van der Waals surface area contributed by atoms with Crippen LogP contribution in [0.25, 0.3) is 10.2 Å². The van der Waals surface area contributed by atoms with E-state index in [4.69, 9.17) is 4.98 Å². The molecule has 1 aromatic carbocycles. The highest BCUT2D eigenvalue weighted by molar-refractivity contribution is 7.22. The van der Waals surface area contributed by atoms with Crippen LogP contribution >= 0.6 is 11.3 Å². The number of amides is 1. The van der Waals surface area contributed by atoms with Gasteiger partial charge in [0.25, 0.3) is 6.43 Å². The van der Waals surface area contributed by atoms with E-state index in [1.165, 1.54) is 10.3 Å². The Hall–Kier alpha value is -1.76. The van der Waals surface area contributed by atoms with Gasteiger partial charge in [0, 0.05) is 19.5 Å². The lowest BCUT2D eigenvalue weighted by atomic mass is 9.93. The van der Waals surface area contributed by atoms with Crippen LogP contribution in [-0.2, 0) is 4.79 Å².